The number of aryl methyl sites for hydroxylation is 1. The number of ether oxygens (including phenoxy) is 1. The molecule has 0 aliphatic carbocycles. The van der Waals surface area contributed by atoms with Gasteiger partial charge in [-0.3, -0.25) is 4.79 Å². The van der Waals surface area contributed by atoms with Gasteiger partial charge in [0.1, 0.15) is 12.4 Å². The van der Waals surface area contributed by atoms with E-state index in [9.17, 15) is 4.79 Å². The molecule has 1 rings (SSSR count). The van der Waals surface area contributed by atoms with Crippen LogP contribution in [0.1, 0.15) is 26.3 Å². The van der Waals surface area contributed by atoms with Crippen LogP contribution in [0.25, 0.3) is 0 Å². The fourth-order valence-electron chi connectivity index (χ4n) is 1.31. The molecule has 0 aromatic heterocycles. The maximum absolute atomic E-state index is 11.4. The van der Waals surface area contributed by atoms with Crippen LogP contribution < -0.4 is 10.1 Å². The molecule has 3 nitrogen and oxygen atoms in total. The molecule has 0 radical (unpaired) electrons. The van der Waals surface area contributed by atoms with Crippen LogP contribution in [-0.2, 0) is 4.79 Å². The van der Waals surface area contributed by atoms with Gasteiger partial charge in [0.25, 0.3) is 0 Å². The van der Waals surface area contributed by atoms with Gasteiger partial charge in [-0.15, -0.1) is 0 Å². The van der Waals surface area contributed by atoms with Crippen LogP contribution in [0, 0.1) is 12.8 Å². The number of benzene rings is 1. The Kier molecular flexibility index (Phi) is 5.01. The molecule has 0 aliphatic rings. The zero-order valence-corrected chi connectivity index (χ0v) is 11.0. The van der Waals surface area contributed by atoms with E-state index in [-0.39, 0.29) is 17.9 Å². The van der Waals surface area contributed by atoms with E-state index in [4.69, 9.17) is 4.74 Å². The van der Waals surface area contributed by atoms with Crippen LogP contribution in [0.2, 0.25) is 0 Å². The summed E-state index contributed by atoms with van der Waals surface area (Å²) in [5.74, 6) is 0.906. The molecule has 1 amide bonds. The molecular formula is C14H21NO2. The van der Waals surface area contributed by atoms with Gasteiger partial charge >= 0.3 is 0 Å². The minimum atomic E-state index is 0.0109. The van der Waals surface area contributed by atoms with Crippen LogP contribution >= 0.6 is 0 Å². The first kappa shape index (κ1) is 13.6. The van der Waals surface area contributed by atoms with Gasteiger partial charge in [0.05, 0.1) is 6.04 Å². The van der Waals surface area contributed by atoms with Crippen molar-refractivity contribution in [3.05, 3.63) is 29.8 Å². The lowest BCUT2D eigenvalue weighted by Gasteiger charge is -2.16. The Balaban J connectivity index is 2.35. The van der Waals surface area contributed by atoms with Gasteiger partial charge in [-0.2, -0.15) is 0 Å². The monoisotopic (exact) mass is 235 g/mol. The van der Waals surface area contributed by atoms with Gasteiger partial charge < -0.3 is 10.1 Å². The molecule has 0 bridgehead atoms. The molecule has 0 saturated heterocycles. The molecule has 0 spiro atoms. The molecule has 1 N–H and O–H groups in total. The van der Waals surface area contributed by atoms with Crippen molar-refractivity contribution in [2.75, 3.05) is 6.61 Å². The molecular weight excluding hydrogens is 214 g/mol. The topological polar surface area (TPSA) is 38.3 Å². The summed E-state index contributed by atoms with van der Waals surface area (Å²) in [5.41, 5.74) is 1.21. The lowest BCUT2D eigenvalue weighted by Crippen LogP contribution is -2.39. The maximum atomic E-state index is 11.4. The number of carbonyl (C=O) groups is 1. The Hall–Kier alpha value is -1.51. The number of amides is 1. The van der Waals surface area contributed by atoms with Gasteiger partial charge in [0, 0.05) is 5.92 Å². The van der Waals surface area contributed by atoms with Gasteiger partial charge in [0.15, 0.2) is 0 Å². The quantitative estimate of drug-likeness (QED) is 0.851. The normalized spacial score (nSPS) is 12.3. The van der Waals surface area contributed by atoms with Crippen molar-refractivity contribution >= 4 is 5.91 Å². The highest BCUT2D eigenvalue weighted by atomic mass is 16.5. The lowest BCUT2D eigenvalue weighted by atomic mass is 10.2. The Morgan fingerprint density at radius 1 is 1.24 bits per heavy atom. The largest absolute Gasteiger partial charge is 0.491 e. The molecule has 1 atom stereocenters. The van der Waals surface area contributed by atoms with Crippen molar-refractivity contribution in [2.45, 2.75) is 33.7 Å². The fraction of sp³-hybridized carbons (Fsp3) is 0.500. The summed E-state index contributed by atoms with van der Waals surface area (Å²) in [7, 11) is 0. The van der Waals surface area contributed by atoms with E-state index in [1.165, 1.54) is 5.56 Å². The van der Waals surface area contributed by atoms with Gasteiger partial charge in [-0.25, -0.2) is 0 Å². The first-order chi connectivity index (χ1) is 7.99. The van der Waals surface area contributed by atoms with Crippen molar-refractivity contribution in [2.24, 2.45) is 5.92 Å². The van der Waals surface area contributed by atoms with E-state index in [1.54, 1.807) is 0 Å². The van der Waals surface area contributed by atoms with Crippen molar-refractivity contribution < 1.29 is 9.53 Å². The summed E-state index contributed by atoms with van der Waals surface area (Å²) in [6.07, 6.45) is 0. The van der Waals surface area contributed by atoms with Crippen molar-refractivity contribution in [3.63, 3.8) is 0 Å². The molecule has 0 unspecified atom stereocenters. The Morgan fingerprint density at radius 2 is 1.82 bits per heavy atom. The van der Waals surface area contributed by atoms with Gasteiger partial charge in [-0.1, -0.05) is 31.5 Å². The van der Waals surface area contributed by atoms with E-state index < -0.39 is 0 Å². The summed E-state index contributed by atoms with van der Waals surface area (Å²) >= 11 is 0. The summed E-state index contributed by atoms with van der Waals surface area (Å²) in [6.45, 7) is 8.22. The van der Waals surface area contributed by atoms with E-state index in [2.05, 4.69) is 5.32 Å². The van der Waals surface area contributed by atoms with E-state index >= 15 is 0 Å². The minimum absolute atomic E-state index is 0.0109. The average molecular weight is 235 g/mol. The standard InChI is InChI=1S/C14H21NO2/c1-10(2)14(16)15-12(4)9-17-13-7-5-11(3)6-8-13/h5-8,10,12H,9H2,1-4H3,(H,15,16)/t12-/m0/s1. The molecule has 94 valence electrons. The number of carbonyl (C=O) groups excluding carboxylic acids is 1. The number of rotatable bonds is 5. The molecule has 0 saturated carbocycles. The minimum Gasteiger partial charge on any atom is -0.491 e. The highest BCUT2D eigenvalue weighted by Crippen LogP contribution is 2.11. The van der Waals surface area contributed by atoms with Crippen LogP contribution in [0.3, 0.4) is 0 Å². The molecule has 3 heteroatoms. The van der Waals surface area contributed by atoms with Crippen LogP contribution in [0.5, 0.6) is 5.75 Å². The fourth-order valence-corrected chi connectivity index (χ4v) is 1.31. The van der Waals surface area contributed by atoms with Crippen molar-refractivity contribution in [3.8, 4) is 5.75 Å². The van der Waals surface area contributed by atoms with E-state index in [0.717, 1.165) is 5.75 Å². The summed E-state index contributed by atoms with van der Waals surface area (Å²) in [6, 6.07) is 7.91. The second kappa shape index (κ2) is 6.28. The Morgan fingerprint density at radius 3 is 2.35 bits per heavy atom. The predicted octanol–water partition coefficient (Wildman–Crippen LogP) is 2.53. The Bertz CT molecular complexity index is 357. The van der Waals surface area contributed by atoms with Crippen molar-refractivity contribution in [1.29, 1.82) is 0 Å². The number of nitrogens with one attached hydrogen (secondary N) is 1. The highest BCUT2D eigenvalue weighted by Gasteiger charge is 2.10. The van der Waals surface area contributed by atoms with Gasteiger partial charge in [-0.05, 0) is 26.0 Å². The third-order valence-corrected chi connectivity index (χ3v) is 2.43. The van der Waals surface area contributed by atoms with Crippen LogP contribution in [-0.4, -0.2) is 18.6 Å². The molecule has 1 aromatic rings. The SMILES string of the molecule is Cc1ccc(OC[C@H](C)NC(=O)C(C)C)cc1. The van der Waals surface area contributed by atoms with E-state index in [0.29, 0.717) is 6.61 Å². The molecule has 0 aliphatic heterocycles. The molecule has 0 fully saturated rings. The third-order valence-electron chi connectivity index (χ3n) is 2.43. The highest BCUT2D eigenvalue weighted by molar-refractivity contribution is 5.78. The number of hydrogen-bond donors (Lipinski definition) is 1. The first-order valence-electron chi connectivity index (χ1n) is 5.99. The summed E-state index contributed by atoms with van der Waals surface area (Å²) in [5, 5.41) is 2.90. The zero-order chi connectivity index (χ0) is 12.8. The zero-order valence-electron chi connectivity index (χ0n) is 11.0. The van der Waals surface area contributed by atoms with Crippen molar-refractivity contribution in [1.82, 2.24) is 5.32 Å². The summed E-state index contributed by atoms with van der Waals surface area (Å²) in [4.78, 5) is 11.4. The number of hydrogen-bond acceptors (Lipinski definition) is 2. The third kappa shape index (κ3) is 4.89. The Labute approximate surface area is 103 Å². The first-order valence-corrected chi connectivity index (χ1v) is 5.99. The van der Waals surface area contributed by atoms with Crippen LogP contribution in [0.15, 0.2) is 24.3 Å². The average Bonchev–Trinajstić information content (AvgIpc) is 2.28. The molecule has 1 aromatic carbocycles. The van der Waals surface area contributed by atoms with Crippen LogP contribution in [0.4, 0.5) is 0 Å². The smallest absolute Gasteiger partial charge is 0.222 e. The molecule has 17 heavy (non-hydrogen) atoms. The lowest BCUT2D eigenvalue weighted by molar-refractivity contribution is -0.124. The van der Waals surface area contributed by atoms with Gasteiger partial charge in [0.2, 0.25) is 5.91 Å². The second-order valence-corrected chi connectivity index (χ2v) is 4.69. The molecule has 0 heterocycles. The van der Waals surface area contributed by atoms with E-state index in [1.807, 2.05) is 52.0 Å². The summed E-state index contributed by atoms with van der Waals surface area (Å²) < 4.78 is 5.59. The predicted molar refractivity (Wildman–Crippen MR) is 69.1 cm³/mol. The second-order valence-electron chi connectivity index (χ2n) is 4.69. The maximum Gasteiger partial charge on any atom is 0.222 e.